The Morgan fingerprint density at radius 2 is 0.875 bits per heavy atom. The van der Waals surface area contributed by atoms with Crippen molar-refractivity contribution in [2.24, 2.45) is 23.7 Å². The van der Waals surface area contributed by atoms with Crippen LogP contribution < -0.4 is 0 Å². The van der Waals surface area contributed by atoms with Crippen LogP contribution in [0.1, 0.15) is 103 Å². The lowest BCUT2D eigenvalue weighted by atomic mass is 9.95. The average molecular weight is 571 g/mol. The number of hydrogen-bond donors (Lipinski definition) is 0. The predicted octanol–water partition coefficient (Wildman–Crippen LogP) is 13.2. The second-order valence-corrected chi connectivity index (χ2v) is 15.9. The first-order valence-electron chi connectivity index (χ1n) is 16.1. The van der Waals surface area contributed by atoms with E-state index in [9.17, 15) is 0 Å². The number of rotatable bonds is 14. The molecule has 2 aromatic heterocycles. The molecule has 0 nitrogen and oxygen atoms in total. The Balaban J connectivity index is 1.32. The van der Waals surface area contributed by atoms with Gasteiger partial charge in [0.25, 0.3) is 0 Å². The Labute approximate surface area is 251 Å². The lowest BCUT2D eigenvalue weighted by Crippen LogP contribution is -1.98. The quantitative estimate of drug-likeness (QED) is 0.116. The standard InChI is InChI=1S/C38H50S2/c1-25(2)9-7-11-27(5)13-17-31-23-29-15-19-33-34-20-16-30-24-32(18-14-28(6)12-8-10-26(3)4)40-38(30)36(34)22-21-35(33)37(29)39-31/h15-16,19-28H,7-14,17-18H2,1-6H3. The molecule has 0 saturated carbocycles. The van der Waals surface area contributed by atoms with Crippen LogP contribution in [0.4, 0.5) is 0 Å². The molecule has 0 saturated heterocycles. The molecule has 5 aromatic rings. The van der Waals surface area contributed by atoms with E-state index in [0.29, 0.717) is 0 Å². The van der Waals surface area contributed by atoms with Crippen LogP contribution in [0.2, 0.25) is 0 Å². The van der Waals surface area contributed by atoms with Gasteiger partial charge in [-0.25, -0.2) is 0 Å². The summed E-state index contributed by atoms with van der Waals surface area (Å²) < 4.78 is 2.94. The summed E-state index contributed by atoms with van der Waals surface area (Å²) in [6.07, 6.45) is 13.3. The van der Waals surface area contributed by atoms with Crippen LogP contribution in [-0.4, -0.2) is 0 Å². The van der Waals surface area contributed by atoms with Gasteiger partial charge in [-0.1, -0.05) is 116 Å². The Kier molecular flexibility index (Phi) is 9.90. The molecule has 2 atom stereocenters. The summed E-state index contributed by atoms with van der Waals surface area (Å²) in [5, 5.41) is 8.52. The topological polar surface area (TPSA) is 0 Å². The van der Waals surface area contributed by atoms with Crippen LogP contribution in [0.3, 0.4) is 0 Å². The molecule has 0 aliphatic carbocycles. The Morgan fingerprint density at radius 1 is 0.475 bits per heavy atom. The Morgan fingerprint density at radius 3 is 1.27 bits per heavy atom. The zero-order valence-electron chi connectivity index (χ0n) is 25.8. The first-order chi connectivity index (χ1) is 19.3. The molecular formula is C38H50S2. The molecule has 40 heavy (non-hydrogen) atoms. The maximum Gasteiger partial charge on any atom is 0.0424 e. The van der Waals surface area contributed by atoms with Gasteiger partial charge >= 0.3 is 0 Å². The van der Waals surface area contributed by atoms with Crippen molar-refractivity contribution >= 4 is 64.4 Å². The summed E-state index contributed by atoms with van der Waals surface area (Å²) in [5.74, 6) is 3.29. The summed E-state index contributed by atoms with van der Waals surface area (Å²) in [4.78, 5) is 3.10. The molecular weight excluding hydrogens is 521 g/mol. The third-order valence-corrected chi connectivity index (χ3v) is 11.5. The molecule has 5 rings (SSSR count). The minimum atomic E-state index is 0.816. The van der Waals surface area contributed by atoms with Crippen LogP contribution in [0.25, 0.3) is 41.7 Å². The normalized spacial score (nSPS) is 14.0. The predicted molar refractivity (Wildman–Crippen MR) is 185 cm³/mol. The van der Waals surface area contributed by atoms with Crippen molar-refractivity contribution < 1.29 is 0 Å². The van der Waals surface area contributed by atoms with E-state index in [0.717, 1.165) is 23.7 Å². The molecule has 214 valence electrons. The van der Waals surface area contributed by atoms with E-state index in [1.54, 1.807) is 9.75 Å². The number of hydrogen-bond acceptors (Lipinski definition) is 2. The lowest BCUT2D eigenvalue weighted by molar-refractivity contribution is 0.437. The van der Waals surface area contributed by atoms with Crippen molar-refractivity contribution in [3.05, 3.63) is 58.3 Å². The Hall–Kier alpha value is -1.90. The van der Waals surface area contributed by atoms with E-state index in [-0.39, 0.29) is 0 Å². The monoisotopic (exact) mass is 570 g/mol. The first kappa shape index (κ1) is 29.6. The second-order valence-electron chi connectivity index (χ2n) is 13.6. The van der Waals surface area contributed by atoms with Gasteiger partial charge in [0.1, 0.15) is 0 Å². The summed E-state index contributed by atoms with van der Waals surface area (Å²) in [7, 11) is 0. The number of thiophene rings is 2. The van der Waals surface area contributed by atoms with E-state index in [1.165, 1.54) is 106 Å². The van der Waals surface area contributed by atoms with Gasteiger partial charge < -0.3 is 0 Å². The van der Waals surface area contributed by atoms with E-state index >= 15 is 0 Å². The maximum atomic E-state index is 2.46. The highest BCUT2D eigenvalue weighted by Crippen LogP contribution is 2.40. The smallest absolute Gasteiger partial charge is 0.0424 e. The molecule has 2 heteroatoms. The van der Waals surface area contributed by atoms with Gasteiger partial charge in [0, 0.05) is 29.9 Å². The van der Waals surface area contributed by atoms with Gasteiger partial charge in [0.15, 0.2) is 0 Å². The molecule has 0 aliphatic rings. The number of fused-ring (bicyclic) bond motifs is 7. The molecule has 0 bridgehead atoms. The van der Waals surface area contributed by atoms with Crippen molar-refractivity contribution in [2.75, 3.05) is 0 Å². The zero-order valence-corrected chi connectivity index (χ0v) is 27.4. The van der Waals surface area contributed by atoms with E-state index in [2.05, 4.69) is 90.1 Å². The number of aryl methyl sites for hydroxylation is 2. The average Bonchev–Trinajstić information content (AvgIpc) is 3.54. The fraction of sp³-hybridized carbons (Fsp3) is 0.526. The zero-order chi connectivity index (χ0) is 28.2. The molecule has 0 radical (unpaired) electrons. The van der Waals surface area contributed by atoms with Crippen LogP contribution in [-0.2, 0) is 12.8 Å². The van der Waals surface area contributed by atoms with Crippen molar-refractivity contribution in [3.63, 3.8) is 0 Å². The highest BCUT2D eigenvalue weighted by Gasteiger charge is 2.13. The highest BCUT2D eigenvalue weighted by molar-refractivity contribution is 7.20. The van der Waals surface area contributed by atoms with Crippen LogP contribution in [0, 0.1) is 23.7 Å². The molecule has 3 aromatic carbocycles. The minimum absolute atomic E-state index is 0.816. The summed E-state index contributed by atoms with van der Waals surface area (Å²) in [6.45, 7) is 14.3. The molecule has 0 fully saturated rings. The number of benzene rings is 3. The van der Waals surface area contributed by atoms with Gasteiger partial charge in [-0.2, -0.15) is 0 Å². The third kappa shape index (κ3) is 7.11. The van der Waals surface area contributed by atoms with Crippen LogP contribution in [0.15, 0.2) is 48.5 Å². The molecule has 0 amide bonds. The minimum Gasteiger partial charge on any atom is -0.140 e. The fourth-order valence-electron chi connectivity index (χ4n) is 6.38. The fourth-order valence-corrected chi connectivity index (χ4v) is 8.79. The lowest BCUT2D eigenvalue weighted by Gasteiger charge is -2.11. The SMILES string of the molecule is CC(C)CCCC(C)CCc1cc2ccc3c4ccc5cc(CCC(C)CCCC(C)C)sc5c4ccc3c2s1. The van der Waals surface area contributed by atoms with Crippen molar-refractivity contribution in [1.82, 2.24) is 0 Å². The summed E-state index contributed by atoms with van der Waals surface area (Å²) in [6, 6.07) is 19.2. The van der Waals surface area contributed by atoms with Gasteiger partial charge in [0.2, 0.25) is 0 Å². The largest absolute Gasteiger partial charge is 0.140 e. The van der Waals surface area contributed by atoms with Crippen molar-refractivity contribution in [3.8, 4) is 0 Å². The summed E-state index contributed by atoms with van der Waals surface area (Å²) >= 11 is 4.07. The molecule has 2 unspecified atom stereocenters. The molecule has 2 heterocycles. The molecule has 0 spiro atoms. The molecule has 0 N–H and O–H groups in total. The summed E-state index contributed by atoms with van der Waals surface area (Å²) in [5.41, 5.74) is 0. The van der Waals surface area contributed by atoms with E-state index in [4.69, 9.17) is 0 Å². The van der Waals surface area contributed by atoms with Gasteiger partial charge in [-0.3, -0.25) is 0 Å². The highest BCUT2D eigenvalue weighted by atomic mass is 32.1. The van der Waals surface area contributed by atoms with E-state index < -0.39 is 0 Å². The second kappa shape index (κ2) is 13.4. The Bertz CT molecular complexity index is 1430. The maximum absolute atomic E-state index is 2.46. The van der Waals surface area contributed by atoms with Gasteiger partial charge in [0.05, 0.1) is 0 Å². The van der Waals surface area contributed by atoms with Gasteiger partial charge in [-0.15, -0.1) is 22.7 Å². The van der Waals surface area contributed by atoms with Crippen molar-refractivity contribution in [1.29, 1.82) is 0 Å². The van der Waals surface area contributed by atoms with Crippen LogP contribution in [0.5, 0.6) is 0 Å². The van der Waals surface area contributed by atoms with Gasteiger partial charge in [-0.05, 0) is 83.0 Å². The third-order valence-electron chi connectivity index (χ3n) is 8.98. The first-order valence-corrected chi connectivity index (χ1v) is 17.7. The van der Waals surface area contributed by atoms with E-state index in [1.807, 2.05) is 22.7 Å². The molecule has 0 aliphatic heterocycles. The van der Waals surface area contributed by atoms with Crippen molar-refractivity contribution in [2.45, 2.75) is 106 Å². The van der Waals surface area contributed by atoms with Crippen LogP contribution >= 0.6 is 22.7 Å².